The van der Waals surface area contributed by atoms with Crippen molar-refractivity contribution in [2.75, 3.05) is 23.8 Å². The number of hydrogen-bond donors (Lipinski definition) is 3. The van der Waals surface area contributed by atoms with Crippen molar-refractivity contribution in [3.05, 3.63) is 40.4 Å². The van der Waals surface area contributed by atoms with E-state index >= 15 is 0 Å². The monoisotopic (exact) mass is 459 g/mol. The van der Waals surface area contributed by atoms with Gasteiger partial charge in [0, 0.05) is 18.8 Å². The summed E-state index contributed by atoms with van der Waals surface area (Å²) in [6, 6.07) is 6.59. The Labute approximate surface area is 191 Å². The minimum atomic E-state index is -0.840. The first-order valence-electron chi connectivity index (χ1n) is 10.6. The van der Waals surface area contributed by atoms with E-state index in [1.165, 1.54) is 4.90 Å². The largest absolute Gasteiger partial charge is 0.395 e. The summed E-state index contributed by atoms with van der Waals surface area (Å²) in [6.45, 7) is 6.86. The molecule has 3 amide bonds. The molecule has 0 saturated carbocycles. The zero-order valence-corrected chi connectivity index (χ0v) is 19.3. The Kier molecular flexibility index (Phi) is 7.47. The molecule has 2 unspecified atom stereocenters. The Hall–Kier alpha value is -2.98. The predicted molar refractivity (Wildman–Crippen MR) is 124 cm³/mol. The number of nitrogens with one attached hydrogen (secondary N) is 1. The molecule has 9 nitrogen and oxygen atoms in total. The van der Waals surface area contributed by atoms with E-state index in [4.69, 9.17) is 16.2 Å². The SMILES string of the molecule is CC(C)c1ccc(N(C(=O)c2snc(C(N)=O)c2N)C(C)C(=O)NCC2CCCO2)cc1. The summed E-state index contributed by atoms with van der Waals surface area (Å²) in [7, 11) is 0. The first-order valence-corrected chi connectivity index (χ1v) is 11.4. The van der Waals surface area contributed by atoms with Crippen LogP contribution in [0.2, 0.25) is 0 Å². The third-order valence-electron chi connectivity index (χ3n) is 5.51. The van der Waals surface area contributed by atoms with Gasteiger partial charge in [0.1, 0.15) is 10.9 Å². The molecule has 1 aromatic heterocycles. The van der Waals surface area contributed by atoms with Crippen LogP contribution >= 0.6 is 11.5 Å². The van der Waals surface area contributed by atoms with Crippen LogP contribution in [-0.4, -0.2) is 47.4 Å². The molecule has 1 fully saturated rings. The molecule has 0 aliphatic carbocycles. The van der Waals surface area contributed by atoms with Gasteiger partial charge in [-0.25, -0.2) is 0 Å². The van der Waals surface area contributed by atoms with Crippen LogP contribution < -0.4 is 21.7 Å². The maximum absolute atomic E-state index is 13.5. The predicted octanol–water partition coefficient (Wildman–Crippen LogP) is 2.28. The van der Waals surface area contributed by atoms with E-state index in [1.807, 2.05) is 12.1 Å². The van der Waals surface area contributed by atoms with Crippen molar-refractivity contribution in [2.24, 2.45) is 5.73 Å². The summed E-state index contributed by atoms with van der Waals surface area (Å²) in [6.07, 6.45) is 1.84. The number of nitrogens with zero attached hydrogens (tertiary/aromatic N) is 2. The molecule has 1 aromatic carbocycles. The van der Waals surface area contributed by atoms with E-state index in [2.05, 4.69) is 23.5 Å². The number of benzene rings is 1. The van der Waals surface area contributed by atoms with Crippen LogP contribution in [-0.2, 0) is 9.53 Å². The number of nitrogens with two attached hydrogens (primary N) is 2. The highest BCUT2D eigenvalue weighted by Gasteiger charge is 2.32. The van der Waals surface area contributed by atoms with Gasteiger partial charge >= 0.3 is 0 Å². The van der Waals surface area contributed by atoms with E-state index < -0.39 is 17.9 Å². The summed E-state index contributed by atoms with van der Waals surface area (Å²) in [4.78, 5) is 39.4. The Morgan fingerprint density at radius 1 is 1.25 bits per heavy atom. The molecule has 2 heterocycles. The standard InChI is InChI=1S/C22H29N5O4S/c1-12(2)14-6-8-15(9-7-14)27(13(3)21(29)25-11-16-5-4-10-31-16)22(30)19-17(23)18(20(24)28)26-32-19/h6-9,12-13,16H,4-5,10-11,23H2,1-3H3,(H2,24,28)(H,25,29). The molecule has 2 aromatic rings. The van der Waals surface area contributed by atoms with Gasteiger partial charge in [0.15, 0.2) is 5.69 Å². The normalized spacial score (nSPS) is 16.7. The van der Waals surface area contributed by atoms with Crippen LogP contribution in [0.5, 0.6) is 0 Å². The summed E-state index contributed by atoms with van der Waals surface area (Å²) >= 11 is 0.788. The van der Waals surface area contributed by atoms with Gasteiger partial charge in [-0.3, -0.25) is 19.3 Å². The van der Waals surface area contributed by atoms with E-state index in [0.29, 0.717) is 24.8 Å². The number of rotatable bonds is 8. The Balaban J connectivity index is 1.90. The van der Waals surface area contributed by atoms with Crippen molar-refractivity contribution in [1.29, 1.82) is 0 Å². The van der Waals surface area contributed by atoms with Gasteiger partial charge in [-0.15, -0.1) is 0 Å². The molecule has 0 radical (unpaired) electrons. The Bertz CT molecular complexity index is 983. The summed E-state index contributed by atoms with van der Waals surface area (Å²) < 4.78 is 9.48. The van der Waals surface area contributed by atoms with Crippen molar-refractivity contribution in [2.45, 2.75) is 51.7 Å². The minimum Gasteiger partial charge on any atom is -0.395 e. The summed E-state index contributed by atoms with van der Waals surface area (Å²) in [5, 5.41) is 2.87. The molecule has 0 bridgehead atoms. The molecule has 3 rings (SSSR count). The second kappa shape index (κ2) is 10.1. The second-order valence-corrected chi connectivity index (χ2v) is 8.89. The second-order valence-electron chi connectivity index (χ2n) is 8.12. The molecule has 1 aliphatic rings. The molecular formula is C22H29N5O4S. The van der Waals surface area contributed by atoms with E-state index in [9.17, 15) is 14.4 Å². The highest BCUT2D eigenvalue weighted by atomic mass is 32.1. The van der Waals surface area contributed by atoms with Gasteiger partial charge in [0.2, 0.25) is 5.91 Å². The number of hydrogen-bond acceptors (Lipinski definition) is 7. The number of anilines is 2. The molecule has 2 atom stereocenters. The lowest BCUT2D eigenvalue weighted by molar-refractivity contribution is -0.122. The van der Waals surface area contributed by atoms with E-state index in [-0.39, 0.29) is 28.3 Å². The van der Waals surface area contributed by atoms with Gasteiger partial charge < -0.3 is 21.5 Å². The quantitative estimate of drug-likeness (QED) is 0.553. The summed E-state index contributed by atoms with van der Waals surface area (Å²) in [5.74, 6) is -1.34. The van der Waals surface area contributed by atoms with E-state index in [1.54, 1.807) is 19.1 Å². The topological polar surface area (TPSA) is 141 Å². The number of aromatic nitrogens is 1. The lowest BCUT2D eigenvalue weighted by Gasteiger charge is -2.29. The maximum Gasteiger partial charge on any atom is 0.272 e. The van der Waals surface area contributed by atoms with Gasteiger partial charge in [-0.2, -0.15) is 4.37 Å². The van der Waals surface area contributed by atoms with Crippen molar-refractivity contribution in [3.63, 3.8) is 0 Å². The van der Waals surface area contributed by atoms with Crippen LogP contribution in [0.25, 0.3) is 0 Å². The van der Waals surface area contributed by atoms with Crippen LogP contribution in [0, 0.1) is 0 Å². The van der Waals surface area contributed by atoms with Crippen molar-refractivity contribution < 1.29 is 19.1 Å². The van der Waals surface area contributed by atoms with Crippen molar-refractivity contribution in [3.8, 4) is 0 Å². The zero-order valence-electron chi connectivity index (χ0n) is 18.5. The highest BCUT2D eigenvalue weighted by molar-refractivity contribution is 7.09. The van der Waals surface area contributed by atoms with Gasteiger partial charge in [0.05, 0.1) is 11.8 Å². The number of primary amides is 1. The molecule has 5 N–H and O–H groups in total. The number of carbonyl (C=O) groups is 3. The van der Waals surface area contributed by atoms with E-state index in [0.717, 1.165) is 29.9 Å². The zero-order chi connectivity index (χ0) is 23.4. The maximum atomic E-state index is 13.5. The lowest BCUT2D eigenvalue weighted by Crippen LogP contribution is -2.49. The molecule has 1 aliphatic heterocycles. The third-order valence-corrected chi connectivity index (χ3v) is 6.36. The molecule has 32 heavy (non-hydrogen) atoms. The number of amides is 3. The number of ether oxygens (including phenoxy) is 1. The van der Waals surface area contributed by atoms with Crippen LogP contribution in [0.1, 0.15) is 65.3 Å². The smallest absolute Gasteiger partial charge is 0.272 e. The average Bonchev–Trinajstić information content (AvgIpc) is 3.41. The fraction of sp³-hybridized carbons (Fsp3) is 0.455. The van der Waals surface area contributed by atoms with Crippen molar-refractivity contribution in [1.82, 2.24) is 9.69 Å². The highest BCUT2D eigenvalue weighted by Crippen LogP contribution is 2.28. The van der Waals surface area contributed by atoms with Crippen LogP contribution in [0.15, 0.2) is 24.3 Å². The molecular weight excluding hydrogens is 430 g/mol. The fourth-order valence-electron chi connectivity index (χ4n) is 3.56. The van der Waals surface area contributed by atoms with Crippen molar-refractivity contribution >= 4 is 40.6 Å². The molecule has 172 valence electrons. The first kappa shape index (κ1) is 23.7. The Morgan fingerprint density at radius 2 is 1.94 bits per heavy atom. The summed E-state index contributed by atoms with van der Waals surface area (Å²) in [5.41, 5.74) is 12.7. The molecule has 0 spiro atoms. The lowest BCUT2D eigenvalue weighted by atomic mass is 10.0. The van der Waals surface area contributed by atoms with Gasteiger partial charge in [-0.05, 0) is 54.9 Å². The molecule has 10 heteroatoms. The number of carbonyl (C=O) groups excluding carboxylic acids is 3. The average molecular weight is 460 g/mol. The number of nitrogen functional groups attached to an aromatic ring is 1. The van der Waals surface area contributed by atoms with Gasteiger partial charge in [0.25, 0.3) is 11.8 Å². The van der Waals surface area contributed by atoms with Gasteiger partial charge in [-0.1, -0.05) is 26.0 Å². The first-order chi connectivity index (χ1) is 15.2. The Morgan fingerprint density at radius 3 is 2.47 bits per heavy atom. The van der Waals surface area contributed by atoms with Crippen LogP contribution in [0.3, 0.4) is 0 Å². The molecule has 1 saturated heterocycles. The third kappa shape index (κ3) is 5.08. The fourth-order valence-corrected chi connectivity index (χ4v) is 4.30. The van der Waals surface area contributed by atoms with Crippen LogP contribution in [0.4, 0.5) is 11.4 Å². The minimum absolute atomic E-state index is 0.0177.